The molecule has 1 N–H and O–H groups in total. The Bertz CT molecular complexity index is 1440. The number of anilines is 2. The molecule has 8 heteroatoms. The minimum absolute atomic E-state index is 0.00754. The van der Waals surface area contributed by atoms with Crippen LogP contribution >= 0.6 is 0 Å². The van der Waals surface area contributed by atoms with Crippen molar-refractivity contribution in [1.29, 1.82) is 0 Å². The first-order chi connectivity index (χ1) is 18.5. The third-order valence-corrected chi connectivity index (χ3v) is 6.48. The Morgan fingerprint density at radius 1 is 0.789 bits per heavy atom. The summed E-state index contributed by atoms with van der Waals surface area (Å²) in [7, 11) is 1.31. The summed E-state index contributed by atoms with van der Waals surface area (Å²) in [6.45, 7) is 2.19. The maximum absolute atomic E-state index is 13.2. The van der Waals surface area contributed by atoms with Crippen LogP contribution in [0, 0.1) is 0 Å². The molecule has 5 rings (SSSR count). The summed E-state index contributed by atoms with van der Waals surface area (Å²) < 4.78 is 10.7. The first-order valence-corrected chi connectivity index (χ1v) is 12.3. The lowest BCUT2D eigenvalue weighted by molar-refractivity contribution is 0.0600. The molecule has 0 aliphatic carbocycles. The van der Waals surface area contributed by atoms with Crippen LogP contribution in [0.1, 0.15) is 31.3 Å². The number of methoxy groups -OCH3 is 1. The van der Waals surface area contributed by atoms with Gasteiger partial charge in [-0.1, -0.05) is 48.5 Å². The zero-order valence-corrected chi connectivity index (χ0v) is 20.9. The fourth-order valence-electron chi connectivity index (χ4n) is 4.47. The molecule has 0 bridgehead atoms. The quantitative estimate of drug-likeness (QED) is 0.370. The summed E-state index contributed by atoms with van der Waals surface area (Å²) >= 11 is 0. The molecule has 1 saturated heterocycles. The Kier molecular flexibility index (Phi) is 7.21. The Morgan fingerprint density at radius 2 is 1.47 bits per heavy atom. The Hall–Kier alpha value is -4.85. The van der Waals surface area contributed by atoms with E-state index in [1.54, 1.807) is 30.3 Å². The predicted molar refractivity (Wildman–Crippen MR) is 144 cm³/mol. The van der Waals surface area contributed by atoms with Crippen LogP contribution in [0.3, 0.4) is 0 Å². The zero-order valence-electron chi connectivity index (χ0n) is 20.9. The summed E-state index contributed by atoms with van der Waals surface area (Å²) in [6, 6.07) is 27.1. The van der Waals surface area contributed by atoms with Crippen molar-refractivity contribution in [2.75, 3.05) is 43.5 Å². The number of amides is 2. The van der Waals surface area contributed by atoms with Gasteiger partial charge in [0.2, 0.25) is 0 Å². The Balaban J connectivity index is 1.35. The van der Waals surface area contributed by atoms with Gasteiger partial charge in [-0.25, -0.2) is 4.79 Å². The van der Waals surface area contributed by atoms with E-state index in [0.717, 1.165) is 11.3 Å². The van der Waals surface area contributed by atoms with Crippen molar-refractivity contribution in [2.45, 2.75) is 0 Å². The number of rotatable bonds is 6. The number of carbonyl (C=O) groups excluding carboxylic acids is 3. The van der Waals surface area contributed by atoms with Gasteiger partial charge in [-0.2, -0.15) is 0 Å². The van der Waals surface area contributed by atoms with Gasteiger partial charge in [-0.05, 0) is 42.5 Å². The smallest absolute Gasteiger partial charge is 0.337 e. The maximum Gasteiger partial charge on any atom is 0.337 e. The minimum Gasteiger partial charge on any atom is -0.465 e. The van der Waals surface area contributed by atoms with Crippen LogP contribution in [0.25, 0.3) is 11.3 Å². The SMILES string of the molecule is COC(=O)c1ccc(N2CCN(C(=O)c3ccccc3)CC2)c(NC(=O)c2ccc(-c3ccccc3)o2)c1. The molecule has 2 amide bonds. The molecule has 0 radical (unpaired) electrons. The van der Waals surface area contributed by atoms with Gasteiger partial charge in [0, 0.05) is 37.3 Å². The average Bonchev–Trinajstić information content (AvgIpc) is 3.48. The molecule has 1 aliphatic rings. The summed E-state index contributed by atoms with van der Waals surface area (Å²) in [4.78, 5) is 42.1. The number of benzene rings is 3. The van der Waals surface area contributed by atoms with E-state index < -0.39 is 11.9 Å². The fourth-order valence-corrected chi connectivity index (χ4v) is 4.47. The number of piperazine rings is 1. The number of hydrogen-bond acceptors (Lipinski definition) is 6. The molecule has 0 unspecified atom stereocenters. The van der Waals surface area contributed by atoms with Crippen molar-refractivity contribution in [3.8, 4) is 11.3 Å². The van der Waals surface area contributed by atoms with E-state index in [2.05, 4.69) is 10.2 Å². The molecule has 1 aromatic heterocycles. The summed E-state index contributed by atoms with van der Waals surface area (Å²) in [6.07, 6.45) is 0. The highest BCUT2D eigenvalue weighted by atomic mass is 16.5. The molecule has 2 heterocycles. The first-order valence-electron chi connectivity index (χ1n) is 12.3. The fraction of sp³-hybridized carbons (Fsp3) is 0.167. The highest BCUT2D eigenvalue weighted by Crippen LogP contribution is 2.30. The van der Waals surface area contributed by atoms with E-state index in [0.29, 0.717) is 48.8 Å². The van der Waals surface area contributed by atoms with Gasteiger partial charge in [0.1, 0.15) is 5.76 Å². The number of nitrogens with zero attached hydrogens (tertiary/aromatic N) is 2. The van der Waals surface area contributed by atoms with Crippen molar-refractivity contribution in [3.05, 3.63) is 108 Å². The minimum atomic E-state index is -0.505. The van der Waals surface area contributed by atoms with E-state index >= 15 is 0 Å². The largest absolute Gasteiger partial charge is 0.465 e. The molecule has 3 aromatic carbocycles. The van der Waals surface area contributed by atoms with Crippen LogP contribution in [0.4, 0.5) is 11.4 Å². The summed E-state index contributed by atoms with van der Waals surface area (Å²) in [5.41, 5.74) is 3.03. The average molecular weight is 510 g/mol. The van der Waals surface area contributed by atoms with Crippen LogP contribution in [0.2, 0.25) is 0 Å². The Morgan fingerprint density at radius 3 is 2.16 bits per heavy atom. The van der Waals surface area contributed by atoms with E-state index in [4.69, 9.17) is 9.15 Å². The van der Waals surface area contributed by atoms with Crippen LogP contribution in [0.5, 0.6) is 0 Å². The first kappa shape index (κ1) is 24.8. The molecule has 0 atom stereocenters. The molecule has 1 fully saturated rings. The van der Waals surface area contributed by atoms with Crippen LogP contribution in [-0.4, -0.2) is 56.0 Å². The highest BCUT2D eigenvalue weighted by molar-refractivity contribution is 6.05. The van der Waals surface area contributed by atoms with Gasteiger partial charge in [0.05, 0.1) is 24.0 Å². The third kappa shape index (κ3) is 5.29. The number of furan rings is 1. The number of carbonyl (C=O) groups is 3. The molecular formula is C30H27N3O5. The molecule has 0 spiro atoms. The molecule has 38 heavy (non-hydrogen) atoms. The van der Waals surface area contributed by atoms with Gasteiger partial charge in [-0.15, -0.1) is 0 Å². The van der Waals surface area contributed by atoms with Crippen LogP contribution in [0.15, 0.2) is 95.4 Å². The third-order valence-electron chi connectivity index (χ3n) is 6.48. The van der Waals surface area contributed by atoms with Gasteiger partial charge < -0.3 is 24.3 Å². The van der Waals surface area contributed by atoms with E-state index in [1.165, 1.54) is 7.11 Å². The molecule has 1 aliphatic heterocycles. The summed E-state index contributed by atoms with van der Waals surface area (Å²) in [5.74, 6) is -0.218. The lowest BCUT2D eigenvalue weighted by Crippen LogP contribution is -2.49. The number of esters is 1. The Labute approximate surface area is 220 Å². The van der Waals surface area contributed by atoms with Gasteiger partial charge in [0.15, 0.2) is 5.76 Å². The van der Waals surface area contributed by atoms with Crippen molar-refractivity contribution >= 4 is 29.2 Å². The number of nitrogens with one attached hydrogen (secondary N) is 1. The molecule has 0 saturated carbocycles. The lowest BCUT2D eigenvalue weighted by atomic mass is 10.1. The van der Waals surface area contributed by atoms with Crippen molar-refractivity contribution in [2.24, 2.45) is 0 Å². The molecule has 8 nitrogen and oxygen atoms in total. The standard InChI is InChI=1S/C30H27N3O5/c1-37-30(36)23-12-13-25(32-16-18-33(19-17-32)29(35)22-10-6-3-7-11-22)24(20-23)31-28(34)27-15-14-26(38-27)21-8-4-2-5-9-21/h2-15,20H,16-19H2,1H3,(H,31,34). The molecule has 192 valence electrons. The highest BCUT2D eigenvalue weighted by Gasteiger charge is 2.25. The molecular weight excluding hydrogens is 482 g/mol. The van der Waals surface area contributed by atoms with E-state index in [1.807, 2.05) is 65.6 Å². The summed E-state index contributed by atoms with van der Waals surface area (Å²) in [5, 5.41) is 2.91. The predicted octanol–water partition coefficient (Wildman–Crippen LogP) is 4.95. The zero-order chi connectivity index (χ0) is 26.5. The molecule has 4 aromatic rings. The van der Waals surface area contributed by atoms with Gasteiger partial charge in [0.25, 0.3) is 11.8 Å². The van der Waals surface area contributed by atoms with Crippen molar-refractivity contribution in [3.63, 3.8) is 0 Å². The lowest BCUT2D eigenvalue weighted by Gasteiger charge is -2.37. The maximum atomic E-state index is 13.2. The second kappa shape index (κ2) is 11.0. The van der Waals surface area contributed by atoms with E-state index in [-0.39, 0.29) is 11.7 Å². The van der Waals surface area contributed by atoms with Crippen molar-refractivity contribution < 1.29 is 23.5 Å². The second-order valence-corrected chi connectivity index (χ2v) is 8.85. The van der Waals surface area contributed by atoms with Crippen molar-refractivity contribution in [1.82, 2.24) is 4.90 Å². The topological polar surface area (TPSA) is 92.1 Å². The second-order valence-electron chi connectivity index (χ2n) is 8.85. The van der Waals surface area contributed by atoms with Crippen LogP contribution in [-0.2, 0) is 4.74 Å². The number of hydrogen-bond donors (Lipinski definition) is 1. The normalized spacial score (nSPS) is 13.2. The van der Waals surface area contributed by atoms with Gasteiger partial charge in [-0.3, -0.25) is 9.59 Å². The van der Waals surface area contributed by atoms with Crippen LogP contribution < -0.4 is 10.2 Å². The van der Waals surface area contributed by atoms with E-state index in [9.17, 15) is 14.4 Å². The number of ether oxygens (including phenoxy) is 1. The van der Waals surface area contributed by atoms with Gasteiger partial charge >= 0.3 is 5.97 Å². The monoisotopic (exact) mass is 509 g/mol.